The third-order valence-electron chi connectivity index (χ3n) is 4.02. The summed E-state index contributed by atoms with van der Waals surface area (Å²) in [5.41, 5.74) is 0. The predicted molar refractivity (Wildman–Crippen MR) is 86.5 cm³/mol. The number of rotatable bonds is 5. The summed E-state index contributed by atoms with van der Waals surface area (Å²) in [7, 11) is 1.38. The zero-order chi connectivity index (χ0) is 16.8. The Morgan fingerprint density at radius 1 is 1.52 bits per heavy atom. The number of carbonyl (C=O) groups is 2. The normalized spacial score (nSPS) is 17.8. The molecule has 1 aromatic rings. The number of aromatic nitrogens is 3. The Kier molecular flexibility index (Phi) is 6.14. The molecule has 0 radical (unpaired) electrons. The van der Waals surface area contributed by atoms with Crippen molar-refractivity contribution in [3.63, 3.8) is 0 Å². The molecule has 0 aromatic carbocycles. The minimum Gasteiger partial charge on any atom is -0.469 e. The molecule has 1 saturated heterocycles. The fourth-order valence-corrected chi connectivity index (χ4v) is 3.06. The van der Waals surface area contributed by atoms with Crippen molar-refractivity contribution in [2.45, 2.75) is 32.7 Å². The number of esters is 1. The Morgan fingerprint density at radius 2 is 2.30 bits per heavy atom. The topological polar surface area (TPSA) is 92.2 Å². The van der Waals surface area contributed by atoms with Crippen molar-refractivity contribution in [2.75, 3.05) is 26.7 Å². The van der Waals surface area contributed by atoms with Crippen molar-refractivity contribution in [2.24, 2.45) is 5.92 Å². The van der Waals surface area contributed by atoms with Gasteiger partial charge in [-0.25, -0.2) is 4.79 Å². The van der Waals surface area contributed by atoms with Crippen molar-refractivity contribution >= 4 is 24.2 Å². The van der Waals surface area contributed by atoms with Gasteiger partial charge in [-0.1, -0.05) is 0 Å². The number of hydrogen-bond donors (Lipinski definition) is 2. The van der Waals surface area contributed by atoms with Crippen LogP contribution in [0.4, 0.5) is 4.79 Å². The highest BCUT2D eigenvalue weighted by atomic mass is 32.1. The number of H-pyrrole nitrogens is 1. The fraction of sp³-hybridized carbons (Fsp3) is 0.714. The minimum absolute atomic E-state index is 0.157. The second-order valence-electron chi connectivity index (χ2n) is 5.48. The molecule has 0 saturated carbocycles. The summed E-state index contributed by atoms with van der Waals surface area (Å²) in [5, 5.41) is 9.79. The third-order valence-corrected chi connectivity index (χ3v) is 4.33. The molecule has 2 rings (SSSR count). The van der Waals surface area contributed by atoms with Crippen LogP contribution >= 0.6 is 12.2 Å². The molecule has 9 heteroatoms. The number of piperidine rings is 1. The predicted octanol–water partition coefficient (Wildman–Crippen LogP) is 1.10. The van der Waals surface area contributed by atoms with E-state index in [1.165, 1.54) is 7.11 Å². The largest absolute Gasteiger partial charge is 0.469 e. The van der Waals surface area contributed by atoms with Gasteiger partial charge in [0.15, 0.2) is 4.77 Å². The number of likely N-dealkylation sites (tertiary alicyclic amines) is 1. The van der Waals surface area contributed by atoms with Crippen molar-refractivity contribution in [1.29, 1.82) is 0 Å². The van der Waals surface area contributed by atoms with E-state index in [-0.39, 0.29) is 17.9 Å². The lowest BCUT2D eigenvalue weighted by molar-refractivity contribution is -0.146. The third kappa shape index (κ3) is 4.31. The van der Waals surface area contributed by atoms with Crippen molar-refractivity contribution in [3.05, 3.63) is 10.6 Å². The van der Waals surface area contributed by atoms with Crippen molar-refractivity contribution in [3.8, 4) is 0 Å². The van der Waals surface area contributed by atoms with Gasteiger partial charge in [0.1, 0.15) is 5.82 Å². The molecule has 1 aliphatic heterocycles. The Morgan fingerprint density at radius 3 is 3.00 bits per heavy atom. The van der Waals surface area contributed by atoms with E-state index in [1.54, 1.807) is 4.90 Å². The van der Waals surface area contributed by atoms with Crippen LogP contribution in [0.1, 0.15) is 25.6 Å². The Balaban J connectivity index is 1.82. The van der Waals surface area contributed by atoms with Crippen LogP contribution in [0.15, 0.2) is 0 Å². The molecule has 1 aliphatic rings. The molecular weight excluding hydrogens is 318 g/mol. The quantitative estimate of drug-likeness (QED) is 0.618. The molecule has 8 nitrogen and oxygen atoms in total. The lowest BCUT2D eigenvalue weighted by Crippen LogP contribution is -2.47. The first kappa shape index (κ1) is 17.5. The molecule has 23 heavy (non-hydrogen) atoms. The second-order valence-corrected chi connectivity index (χ2v) is 5.87. The molecule has 1 aromatic heterocycles. The van der Waals surface area contributed by atoms with Gasteiger partial charge in [-0.05, 0) is 32.0 Å². The zero-order valence-electron chi connectivity index (χ0n) is 13.5. The molecule has 0 aliphatic carbocycles. The maximum atomic E-state index is 12.2. The average molecular weight is 341 g/mol. The maximum Gasteiger partial charge on any atom is 0.317 e. The van der Waals surface area contributed by atoms with Crippen LogP contribution in [-0.4, -0.2) is 58.4 Å². The van der Waals surface area contributed by atoms with E-state index in [4.69, 9.17) is 17.0 Å². The van der Waals surface area contributed by atoms with Gasteiger partial charge in [0, 0.05) is 32.6 Å². The van der Waals surface area contributed by atoms with E-state index in [1.807, 2.05) is 11.5 Å². The van der Waals surface area contributed by atoms with E-state index >= 15 is 0 Å². The van der Waals surface area contributed by atoms with Crippen LogP contribution in [0.2, 0.25) is 0 Å². The number of nitrogens with zero attached hydrogens (tertiary/aromatic N) is 3. The number of nitrogens with one attached hydrogen (secondary N) is 2. The van der Waals surface area contributed by atoms with Gasteiger partial charge < -0.3 is 19.5 Å². The lowest BCUT2D eigenvalue weighted by Gasteiger charge is -2.31. The second kappa shape index (κ2) is 8.09. The number of carbonyl (C=O) groups excluding carboxylic acids is 2. The SMILES string of the molecule is CCn1c(CCNC(=O)N2CCCC(C(=O)OC)C2)n[nH]c1=S. The number of aromatic amines is 1. The van der Waals surface area contributed by atoms with Gasteiger partial charge in [-0.15, -0.1) is 0 Å². The minimum atomic E-state index is -0.249. The highest BCUT2D eigenvalue weighted by molar-refractivity contribution is 7.71. The Bertz CT molecular complexity index is 612. The van der Waals surface area contributed by atoms with Crippen LogP contribution in [0.5, 0.6) is 0 Å². The number of ether oxygens (including phenoxy) is 1. The van der Waals surface area contributed by atoms with Crippen molar-refractivity contribution < 1.29 is 14.3 Å². The number of amides is 2. The Hall–Kier alpha value is -1.90. The molecule has 128 valence electrons. The summed E-state index contributed by atoms with van der Waals surface area (Å²) in [4.78, 5) is 25.5. The standard InChI is InChI=1S/C14H23N5O3S/c1-3-19-11(16-17-14(19)23)6-7-15-13(21)18-8-4-5-10(9-18)12(20)22-2/h10H,3-9H2,1-2H3,(H,15,21)(H,17,23). The smallest absolute Gasteiger partial charge is 0.317 e. The summed E-state index contributed by atoms with van der Waals surface area (Å²) in [6.45, 7) is 4.27. The van der Waals surface area contributed by atoms with Gasteiger partial charge >= 0.3 is 12.0 Å². The summed E-state index contributed by atoms with van der Waals surface area (Å²) in [6.07, 6.45) is 2.17. The summed E-state index contributed by atoms with van der Waals surface area (Å²) in [6, 6.07) is -0.157. The van der Waals surface area contributed by atoms with Gasteiger partial charge in [0.05, 0.1) is 13.0 Å². The van der Waals surface area contributed by atoms with E-state index in [0.717, 1.165) is 25.2 Å². The molecule has 0 bridgehead atoms. The first-order valence-corrected chi connectivity index (χ1v) is 8.22. The first-order valence-electron chi connectivity index (χ1n) is 7.81. The van der Waals surface area contributed by atoms with Gasteiger partial charge in [-0.2, -0.15) is 5.10 Å². The maximum absolute atomic E-state index is 12.2. The number of methoxy groups -OCH3 is 1. The molecule has 2 heterocycles. The van der Waals surface area contributed by atoms with Gasteiger partial charge in [0.25, 0.3) is 0 Å². The Labute approximate surface area is 140 Å². The lowest BCUT2D eigenvalue weighted by atomic mass is 9.98. The molecule has 1 unspecified atom stereocenters. The van der Waals surface area contributed by atoms with Crippen LogP contribution < -0.4 is 5.32 Å². The highest BCUT2D eigenvalue weighted by Crippen LogP contribution is 2.17. The van der Waals surface area contributed by atoms with Crippen LogP contribution in [0, 0.1) is 10.7 Å². The average Bonchev–Trinajstić information content (AvgIpc) is 2.93. The molecule has 1 fully saturated rings. The van der Waals surface area contributed by atoms with Crippen LogP contribution in [0.25, 0.3) is 0 Å². The van der Waals surface area contributed by atoms with E-state index < -0.39 is 0 Å². The van der Waals surface area contributed by atoms with Crippen LogP contribution in [0.3, 0.4) is 0 Å². The molecule has 2 N–H and O–H groups in total. The van der Waals surface area contributed by atoms with Crippen molar-refractivity contribution in [1.82, 2.24) is 25.0 Å². The fourth-order valence-electron chi connectivity index (χ4n) is 2.78. The molecule has 2 amide bonds. The molecule has 1 atom stereocenters. The highest BCUT2D eigenvalue weighted by Gasteiger charge is 2.28. The molecular formula is C14H23N5O3S. The zero-order valence-corrected chi connectivity index (χ0v) is 14.3. The van der Waals surface area contributed by atoms with E-state index in [2.05, 4.69) is 15.5 Å². The summed E-state index contributed by atoms with van der Waals surface area (Å²) >= 11 is 5.13. The summed E-state index contributed by atoms with van der Waals surface area (Å²) < 4.78 is 7.25. The summed E-state index contributed by atoms with van der Waals surface area (Å²) in [5.74, 6) is 0.348. The van der Waals surface area contributed by atoms with Gasteiger partial charge in [0.2, 0.25) is 0 Å². The van der Waals surface area contributed by atoms with E-state index in [9.17, 15) is 9.59 Å². The molecule has 0 spiro atoms. The van der Waals surface area contributed by atoms with Crippen LogP contribution in [-0.2, 0) is 22.5 Å². The monoisotopic (exact) mass is 341 g/mol. The number of urea groups is 1. The van der Waals surface area contributed by atoms with E-state index in [0.29, 0.717) is 30.8 Å². The first-order chi connectivity index (χ1) is 11.1. The van der Waals surface area contributed by atoms with Gasteiger partial charge in [-0.3, -0.25) is 9.89 Å². The number of hydrogen-bond acceptors (Lipinski definition) is 5.